The quantitative estimate of drug-likeness (QED) is 0.651. The molecule has 20 heavy (non-hydrogen) atoms. The molecule has 0 atom stereocenters. The van der Waals surface area contributed by atoms with E-state index >= 15 is 0 Å². The van der Waals surface area contributed by atoms with Crippen LogP contribution in [0.25, 0.3) is 11.1 Å². The van der Waals surface area contributed by atoms with Gasteiger partial charge < -0.3 is 4.42 Å². The van der Waals surface area contributed by atoms with Gasteiger partial charge in [0.05, 0.1) is 11.8 Å². The molecule has 98 valence electrons. The van der Waals surface area contributed by atoms with Crippen LogP contribution in [0.15, 0.2) is 71.3 Å². The molecule has 2 heteroatoms. The normalized spacial score (nSPS) is 10.4. The molecule has 0 aliphatic carbocycles. The fourth-order valence-corrected chi connectivity index (χ4v) is 2.22. The summed E-state index contributed by atoms with van der Waals surface area (Å²) in [5.74, 6) is 0.651. The number of benzene rings is 2. The van der Waals surface area contributed by atoms with Crippen molar-refractivity contribution in [1.82, 2.24) is 0 Å². The van der Waals surface area contributed by atoms with Crippen molar-refractivity contribution in [2.45, 2.75) is 6.92 Å². The third-order valence-corrected chi connectivity index (χ3v) is 3.36. The van der Waals surface area contributed by atoms with Crippen molar-refractivity contribution < 1.29 is 9.21 Å². The lowest BCUT2D eigenvalue weighted by Crippen LogP contribution is -2.01. The number of ketones is 1. The zero-order valence-electron chi connectivity index (χ0n) is 11.2. The van der Waals surface area contributed by atoms with Crippen molar-refractivity contribution in [3.8, 4) is 11.1 Å². The molecule has 0 aliphatic heterocycles. The molecule has 1 aromatic heterocycles. The lowest BCUT2D eigenvalue weighted by atomic mass is 10.00. The van der Waals surface area contributed by atoms with Crippen LogP contribution in [-0.4, -0.2) is 5.78 Å². The number of aryl methyl sites for hydroxylation is 1. The van der Waals surface area contributed by atoms with Gasteiger partial charge in [0.1, 0.15) is 5.76 Å². The summed E-state index contributed by atoms with van der Waals surface area (Å²) in [5.41, 5.74) is 3.55. The Kier molecular flexibility index (Phi) is 3.21. The van der Waals surface area contributed by atoms with Crippen LogP contribution in [0.5, 0.6) is 0 Å². The highest BCUT2D eigenvalue weighted by Crippen LogP contribution is 2.21. The second-order valence-electron chi connectivity index (χ2n) is 4.66. The van der Waals surface area contributed by atoms with Crippen molar-refractivity contribution in [2.24, 2.45) is 0 Å². The van der Waals surface area contributed by atoms with E-state index in [4.69, 9.17) is 4.42 Å². The van der Waals surface area contributed by atoms with Gasteiger partial charge in [-0.25, -0.2) is 0 Å². The Labute approximate surface area is 117 Å². The predicted molar refractivity (Wildman–Crippen MR) is 78.8 cm³/mol. The summed E-state index contributed by atoms with van der Waals surface area (Å²) in [6, 6.07) is 19.5. The zero-order chi connectivity index (χ0) is 13.9. The van der Waals surface area contributed by atoms with E-state index in [0.29, 0.717) is 16.9 Å². The molecule has 0 spiro atoms. The first-order chi connectivity index (χ1) is 9.75. The third-order valence-electron chi connectivity index (χ3n) is 3.36. The molecular formula is C18H14O2. The molecule has 2 aromatic carbocycles. The van der Waals surface area contributed by atoms with Crippen molar-refractivity contribution in [2.75, 3.05) is 0 Å². The van der Waals surface area contributed by atoms with Gasteiger partial charge in [-0.3, -0.25) is 4.79 Å². The van der Waals surface area contributed by atoms with E-state index in [1.807, 2.05) is 42.5 Å². The van der Waals surface area contributed by atoms with Gasteiger partial charge in [0, 0.05) is 5.56 Å². The Bertz CT molecular complexity index is 722. The van der Waals surface area contributed by atoms with Crippen LogP contribution >= 0.6 is 0 Å². The first kappa shape index (κ1) is 12.4. The van der Waals surface area contributed by atoms with Crippen molar-refractivity contribution in [1.29, 1.82) is 0 Å². The second kappa shape index (κ2) is 5.17. The van der Waals surface area contributed by atoms with Gasteiger partial charge in [0.25, 0.3) is 0 Å². The summed E-state index contributed by atoms with van der Waals surface area (Å²) in [4.78, 5) is 12.3. The molecule has 0 unspecified atom stereocenters. The molecule has 0 N–H and O–H groups in total. The Morgan fingerprint density at radius 2 is 1.50 bits per heavy atom. The molecule has 3 rings (SSSR count). The van der Waals surface area contributed by atoms with Crippen LogP contribution in [0.3, 0.4) is 0 Å². The summed E-state index contributed by atoms with van der Waals surface area (Å²) in [6.07, 6.45) is 1.54. The molecular weight excluding hydrogens is 248 g/mol. The number of rotatable bonds is 3. The van der Waals surface area contributed by atoms with E-state index < -0.39 is 0 Å². The van der Waals surface area contributed by atoms with Crippen LogP contribution in [-0.2, 0) is 0 Å². The zero-order valence-corrected chi connectivity index (χ0v) is 11.2. The largest absolute Gasteiger partial charge is 0.469 e. The fraction of sp³-hybridized carbons (Fsp3) is 0.0556. The lowest BCUT2D eigenvalue weighted by Gasteiger charge is -2.03. The highest BCUT2D eigenvalue weighted by atomic mass is 16.3. The SMILES string of the molecule is Cc1occc1C(=O)c1ccc(-c2ccccc2)cc1. The van der Waals surface area contributed by atoms with Crippen LogP contribution in [0, 0.1) is 6.92 Å². The van der Waals surface area contributed by atoms with Gasteiger partial charge in [-0.15, -0.1) is 0 Å². The Balaban J connectivity index is 1.91. The van der Waals surface area contributed by atoms with E-state index in [9.17, 15) is 4.79 Å². The molecule has 0 aliphatic rings. The maximum Gasteiger partial charge on any atom is 0.196 e. The van der Waals surface area contributed by atoms with Gasteiger partial charge in [-0.1, -0.05) is 54.6 Å². The van der Waals surface area contributed by atoms with Gasteiger partial charge in [-0.05, 0) is 24.1 Å². The fourth-order valence-electron chi connectivity index (χ4n) is 2.22. The van der Waals surface area contributed by atoms with Gasteiger partial charge in [0.2, 0.25) is 0 Å². The summed E-state index contributed by atoms with van der Waals surface area (Å²) >= 11 is 0. The van der Waals surface area contributed by atoms with Crippen molar-refractivity contribution >= 4 is 5.78 Å². The second-order valence-corrected chi connectivity index (χ2v) is 4.66. The topological polar surface area (TPSA) is 30.2 Å². The van der Waals surface area contributed by atoms with E-state index in [2.05, 4.69) is 12.1 Å². The minimum Gasteiger partial charge on any atom is -0.469 e. The highest BCUT2D eigenvalue weighted by molar-refractivity contribution is 6.09. The molecule has 0 radical (unpaired) electrons. The first-order valence-corrected chi connectivity index (χ1v) is 6.50. The molecule has 3 aromatic rings. The average Bonchev–Trinajstić information content (AvgIpc) is 2.94. The molecule has 0 bridgehead atoms. The monoisotopic (exact) mass is 262 g/mol. The molecule has 0 saturated carbocycles. The summed E-state index contributed by atoms with van der Waals surface area (Å²) < 4.78 is 5.18. The minimum atomic E-state index is -0.00383. The molecule has 0 saturated heterocycles. The van der Waals surface area contributed by atoms with E-state index in [1.165, 1.54) is 0 Å². The van der Waals surface area contributed by atoms with Crippen LogP contribution in [0.1, 0.15) is 21.7 Å². The minimum absolute atomic E-state index is 0.00383. The average molecular weight is 262 g/mol. The van der Waals surface area contributed by atoms with E-state index in [1.54, 1.807) is 19.3 Å². The van der Waals surface area contributed by atoms with Crippen molar-refractivity contribution in [3.63, 3.8) is 0 Å². The van der Waals surface area contributed by atoms with Gasteiger partial charge >= 0.3 is 0 Å². The number of hydrogen-bond acceptors (Lipinski definition) is 2. The Morgan fingerprint density at radius 1 is 0.850 bits per heavy atom. The van der Waals surface area contributed by atoms with E-state index in [0.717, 1.165) is 11.1 Å². The summed E-state index contributed by atoms with van der Waals surface area (Å²) in [7, 11) is 0. The summed E-state index contributed by atoms with van der Waals surface area (Å²) in [6.45, 7) is 1.80. The van der Waals surface area contributed by atoms with E-state index in [-0.39, 0.29) is 5.78 Å². The van der Waals surface area contributed by atoms with Crippen LogP contribution in [0.2, 0.25) is 0 Å². The summed E-state index contributed by atoms with van der Waals surface area (Å²) in [5, 5.41) is 0. The smallest absolute Gasteiger partial charge is 0.196 e. The molecule has 0 amide bonds. The van der Waals surface area contributed by atoms with Gasteiger partial charge in [0.15, 0.2) is 5.78 Å². The molecule has 2 nitrogen and oxygen atoms in total. The maximum atomic E-state index is 12.3. The van der Waals surface area contributed by atoms with Crippen molar-refractivity contribution in [3.05, 3.63) is 83.8 Å². The van der Waals surface area contributed by atoms with Gasteiger partial charge in [-0.2, -0.15) is 0 Å². The maximum absolute atomic E-state index is 12.3. The highest BCUT2D eigenvalue weighted by Gasteiger charge is 2.13. The van der Waals surface area contributed by atoms with Crippen LogP contribution < -0.4 is 0 Å². The lowest BCUT2D eigenvalue weighted by molar-refractivity contribution is 0.103. The number of hydrogen-bond donors (Lipinski definition) is 0. The molecule has 1 heterocycles. The molecule has 0 fully saturated rings. The number of furan rings is 1. The third kappa shape index (κ3) is 2.28. The Hall–Kier alpha value is -2.61. The van der Waals surface area contributed by atoms with Crippen LogP contribution in [0.4, 0.5) is 0 Å². The standard InChI is InChI=1S/C18H14O2/c1-13-17(11-12-20-13)18(19)16-9-7-15(8-10-16)14-5-3-2-4-6-14/h2-12H,1H3. The first-order valence-electron chi connectivity index (χ1n) is 6.50. The number of carbonyl (C=O) groups excluding carboxylic acids is 1. The predicted octanol–water partition coefficient (Wildman–Crippen LogP) is 4.49. The number of carbonyl (C=O) groups is 1. The Morgan fingerprint density at radius 3 is 2.10 bits per heavy atom.